The maximum Gasteiger partial charge on any atom is 0.397 e. The normalized spacial score (nSPS) is 12.4. The summed E-state index contributed by atoms with van der Waals surface area (Å²) in [5.74, 6) is 0. The van der Waals surface area contributed by atoms with Gasteiger partial charge in [0.2, 0.25) is 0 Å². The summed E-state index contributed by atoms with van der Waals surface area (Å²) in [4.78, 5) is 2.17. The summed E-state index contributed by atoms with van der Waals surface area (Å²) in [6.07, 6.45) is 0. The lowest BCUT2D eigenvalue weighted by atomic mass is 10.1. The average Bonchev–Trinajstić information content (AvgIpc) is 2.47. The number of hydrogen-bond donors (Lipinski definition) is 3. The van der Waals surface area contributed by atoms with E-state index in [0.717, 1.165) is 29.9 Å². The molecule has 0 fully saturated rings. The topological polar surface area (TPSA) is 105 Å². The lowest BCUT2D eigenvalue weighted by molar-refractivity contribution is 0.324. The van der Waals surface area contributed by atoms with Gasteiger partial charge in [-0.15, -0.1) is 0 Å². The van der Waals surface area contributed by atoms with Crippen LogP contribution >= 0.6 is 0 Å². The van der Waals surface area contributed by atoms with Gasteiger partial charge in [0.1, 0.15) is 0 Å². The molecule has 0 aliphatic carbocycles. The molecule has 1 aliphatic rings. The first-order valence-electron chi connectivity index (χ1n) is 6.34. The summed E-state index contributed by atoms with van der Waals surface area (Å²) < 4.78 is 29.7. The van der Waals surface area contributed by atoms with Crippen LogP contribution in [0.15, 0.2) is 42.5 Å². The number of nitrogens with one attached hydrogen (secondary N) is 1. The van der Waals surface area contributed by atoms with E-state index in [1.54, 1.807) is 0 Å². The predicted octanol–water partition coefficient (Wildman–Crippen LogP) is 2.53. The van der Waals surface area contributed by atoms with Gasteiger partial charge >= 0.3 is 10.4 Å². The average molecular weight is 323 g/mol. The Kier molecular flexibility index (Phi) is 4.55. The molecule has 0 unspecified atom stereocenters. The Balaban J connectivity index is 0.000000254. The number of nitrogen functional groups attached to an aromatic ring is 1. The number of fused-ring (bicyclic) bond motifs is 2. The number of para-hydroxylation sites is 2. The second kappa shape index (κ2) is 6.22. The van der Waals surface area contributed by atoms with E-state index in [1.165, 1.54) is 5.69 Å². The third kappa shape index (κ3) is 3.67. The fourth-order valence-electron chi connectivity index (χ4n) is 2.09. The van der Waals surface area contributed by atoms with E-state index < -0.39 is 10.4 Å². The van der Waals surface area contributed by atoms with Crippen LogP contribution in [0.1, 0.15) is 0 Å². The highest BCUT2D eigenvalue weighted by atomic mass is 32.3. The number of hydrogen-bond acceptors (Lipinski definition) is 6. The summed E-state index contributed by atoms with van der Waals surface area (Å²) in [7, 11) is -1.23. The molecule has 0 amide bonds. The summed E-state index contributed by atoms with van der Waals surface area (Å²) >= 11 is 0. The first kappa shape index (κ1) is 16.1. The minimum absolute atomic E-state index is 0.777. The van der Waals surface area contributed by atoms with Crippen molar-refractivity contribution in [1.82, 2.24) is 0 Å². The van der Waals surface area contributed by atoms with Crippen LogP contribution < -0.4 is 16.0 Å². The fourth-order valence-corrected chi connectivity index (χ4v) is 2.09. The zero-order valence-electron chi connectivity index (χ0n) is 12.1. The first-order valence-corrected chi connectivity index (χ1v) is 7.70. The van der Waals surface area contributed by atoms with Crippen molar-refractivity contribution in [3.63, 3.8) is 0 Å². The third-order valence-electron chi connectivity index (χ3n) is 3.13. The zero-order chi connectivity index (χ0) is 16.3. The van der Waals surface area contributed by atoms with Crippen molar-refractivity contribution in [2.45, 2.75) is 0 Å². The molecule has 0 aromatic heterocycles. The highest BCUT2D eigenvalue weighted by Crippen LogP contribution is 2.42. The van der Waals surface area contributed by atoms with Gasteiger partial charge in [-0.05, 0) is 30.3 Å². The van der Waals surface area contributed by atoms with Crippen LogP contribution in [-0.4, -0.2) is 27.1 Å². The van der Waals surface area contributed by atoms with Gasteiger partial charge in [0.25, 0.3) is 0 Å². The second-order valence-corrected chi connectivity index (χ2v) is 5.76. The van der Waals surface area contributed by atoms with Crippen molar-refractivity contribution in [3.05, 3.63) is 42.5 Å². The van der Waals surface area contributed by atoms with Crippen LogP contribution in [-0.2, 0) is 14.6 Å². The highest BCUT2D eigenvalue weighted by molar-refractivity contribution is 7.80. The molecule has 0 saturated carbocycles. The largest absolute Gasteiger partial charge is 0.399 e. The summed E-state index contributed by atoms with van der Waals surface area (Å²) in [5.41, 5.74) is 11.1. The number of nitrogens with zero attached hydrogens (tertiary/aromatic N) is 1. The van der Waals surface area contributed by atoms with Crippen LogP contribution in [0.25, 0.3) is 0 Å². The Morgan fingerprint density at radius 3 is 2.36 bits per heavy atom. The molecule has 2 aromatic rings. The zero-order valence-corrected chi connectivity index (χ0v) is 13.0. The minimum Gasteiger partial charge on any atom is -0.399 e. The SMILES string of the molecule is CN1c2ccccc2Nc2cc(N)ccc21.COS(=O)(=O)O. The fraction of sp³-hybridized carbons (Fsp3) is 0.143. The monoisotopic (exact) mass is 323 g/mol. The summed E-state index contributed by atoms with van der Waals surface area (Å²) in [6, 6.07) is 14.1. The van der Waals surface area contributed by atoms with E-state index in [-0.39, 0.29) is 0 Å². The Morgan fingerprint density at radius 1 is 1.14 bits per heavy atom. The molecule has 0 radical (unpaired) electrons. The van der Waals surface area contributed by atoms with Crippen LogP contribution in [0.4, 0.5) is 28.4 Å². The van der Waals surface area contributed by atoms with Crippen LogP contribution in [0.3, 0.4) is 0 Å². The van der Waals surface area contributed by atoms with Gasteiger partial charge in [-0.1, -0.05) is 12.1 Å². The van der Waals surface area contributed by atoms with Crippen molar-refractivity contribution >= 4 is 38.8 Å². The van der Waals surface area contributed by atoms with Crippen molar-refractivity contribution < 1.29 is 17.2 Å². The van der Waals surface area contributed by atoms with Gasteiger partial charge in [0.05, 0.1) is 29.9 Å². The van der Waals surface area contributed by atoms with Gasteiger partial charge in [0.15, 0.2) is 0 Å². The number of nitrogens with two attached hydrogens (primary N) is 1. The summed E-state index contributed by atoms with van der Waals surface area (Å²) in [5, 5.41) is 3.39. The lowest BCUT2D eigenvalue weighted by Gasteiger charge is -2.30. The van der Waals surface area contributed by atoms with E-state index in [0.29, 0.717) is 0 Å². The quantitative estimate of drug-likeness (QED) is 0.547. The maximum atomic E-state index is 9.33. The molecular weight excluding hydrogens is 306 g/mol. The van der Waals surface area contributed by atoms with Crippen molar-refractivity contribution in [3.8, 4) is 0 Å². The van der Waals surface area contributed by atoms with Gasteiger partial charge in [0, 0.05) is 12.7 Å². The predicted molar refractivity (Wildman–Crippen MR) is 87.2 cm³/mol. The van der Waals surface area contributed by atoms with Crippen LogP contribution in [0.2, 0.25) is 0 Å². The molecule has 3 rings (SSSR count). The molecule has 8 heteroatoms. The van der Waals surface area contributed by atoms with Gasteiger partial charge < -0.3 is 16.0 Å². The van der Waals surface area contributed by atoms with E-state index in [2.05, 4.69) is 33.6 Å². The highest BCUT2D eigenvalue weighted by Gasteiger charge is 2.18. The van der Waals surface area contributed by atoms with E-state index in [1.807, 2.05) is 30.3 Å². The van der Waals surface area contributed by atoms with Crippen molar-refractivity contribution in [1.29, 1.82) is 0 Å². The number of anilines is 5. The van der Waals surface area contributed by atoms with Crippen LogP contribution in [0, 0.1) is 0 Å². The minimum atomic E-state index is -4.16. The summed E-state index contributed by atoms with van der Waals surface area (Å²) in [6.45, 7) is 0. The van der Waals surface area contributed by atoms with Gasteiger partial charge in [-0.3, -0.25) is 8.74 Å². The smallest absolute Gasteiger partial charge is 0.397 e. The molecule has 0 atom stereocenters. The first-order chi connectivity index (χ1) is 10.3. The number of benzene rings is 2. The molecule has 0 spiro atoms. The van der Waals surface area contributed by atoms with E-state index in [4.69, 9.17) is 10.3 Å². The third-order valence-corrected chi connectivity index (χ3v) is 3.55. The van der Waals surface area contributed by atoms with Crippen molar-refractivity contribution in [2.75, 3.05) is 30.1 Å². The van der Waals surface area contributed by atoms with Crippen LogP contribution in [0.5, 0.6) is 0 Å². The standard InChI is InChI=1S/C13H13N3.CH4O4S/c1-16-12-5-3-2-4-10(12)15-11-8-9(14)6-7-13(11)16;1-5-6(2,3)4/h2-8,15H,14H2,1H3;1H3,(H,2,3,4). The molecule has 0 saturated heterocycles. The molecule has 1 aliphatic heterocycles. The van der Waals surface area contributed by atoms with Gasteiger partial charge in [-0.25, -0.2) is 0 Å². The Morgan fingerprint density at radius 2 is 1.73 bits per heavy atom. The lowest BCUT2D eigenvalue weighted by Crippen LogP contribution is -2.17. The molecule has 2 aromatic carbocycles. The molecule has 118 valence electrons. The molecule has 22 heavy (non-hydrogen) atoms. The van der Waals surface area contributed by atoms with Gasteiger partial charge in [-0.2, -0.15) is 8.42 Å². The molecule has 4 N–H and O–H groups in total. The maximum absolute atomic E-state index is 9.33. The van der Waals surface area contributed by atoms with E-state index >= 15 is 0 Å². The Labute approximate surface area is 129 Å². The second-order valence-electron chi connectivity index (χ2n) is 4.57. The Hall–Kier alpha value is -2.29. The molecule has 1 heterocycles. The molecule has 7 nitrogen and oxygen atoms in total. The molecular formula is C14H17N3O4S. The van der Waals surface area contributed by atoms with E-state index in [9.17, 15) is 8.42 Å². The van der Waals surface area contributed by atoms with Crippen molar-refractivity contribution in [2.24, 2.45) is 0 Å². The number of rotatable bonds is 1. The molecule has 0 bridgehead atoms. The Bertz CT molecular complexity index is 777.